The van der Waals surface area contributed by atoms with Gasteiger partial charge in [0.1, 0.15) is 11.6 Å². The van der Waals surface area contributed by atoms with Crippen LogP contribution in [0, 0.1) is 0 Å². The van der Waals surface area contributed by atoms with Gasteiger partial charge in [-0.05, 0) is 37.1 Å². The van der Waals surface area contributed by atoms with Crippen LogP contribution in [-0.2, 0) is 4.79 Å². The Labute approximate surface area is 124 Å². The first-order valence-corrected chi connectivity index (χ1v) is 7.25. The van der Waals surface area contributed by atoms with Crippen LogP contribution in [0.5, 0.6) is 5.75 Å². The van der Waals surface area contributed by atoms with Crippen molar-refractivity contribution in [3.05, 3.63) is 54.7 Å². The van der Waals surface area contributed by atoms with Crippen molar-refractivity contribution in [2.24, 2.45) is 0 Å². The highest BCUT2D eigenvalue weighted by Crippen LogP contribution is 2.31. The molecule has 0 N–H and O–H groups in total. The molecule has 1 aliphatic carbocycles. The molecule has 0 aliphatic heterocycles. The standard InChI is InChI=1S/C17H18N2O2/c20-17(11-13-21-15-6-2-1-3-7-15)19(14-9-10-14)16-8-4-5-12-18-16/h1-8,12,14H,9-11,13H2. The van der Waals surface area contributed by atoms with Crippen LogP contribution in [0.15, 0.2) is 54.7 Å². The van der Waals surface area contributed by atoms with Crippen LogP contribution >= 0.6 is 0 Å². The largest absolute Gasteiger partial charge is 0.493 e. The number of nitrogens with zero attached hydrogens (tertiary/aromatic N) is 2. The number of pyridine rings is 1. The Balaban J connectivity index is 1.58. The lowest BCUT2D eigenvalue weighted by atomic mass is 10.3. The molecule has 0 radical (unpaired) electrons. The Bertz CT molecular complexity index is 582. The van der Waals surface area contributed by atoms with Crippen molar-refractivity contribution in [3.63, 3.8) is 0 Å². The smallest absolute Gasteiger partial charge is 0.231 e. The molecule has 1 saturated carbocycles. The van der Waals surface area contributed by atoms with Crippen molar-refractivity contribution in [2.75, 3.05) is 11.5 Å². The molecule has 4 heteroatoms. The molecule has 1 heterocycles. The highest BCUT2D eigenvalue weighted by Gasteiger charge is 2.34. The van der Waals surface area contributed by atoms with Crippen molar-refractivity contribution < 1.29 is 9.53 Å². The van der Waals surface area contributed by atoms with Crippen molar-refractivity contribution in [1.82, 2.24) is 4.98 Å². The lowest BCUT2D eigenvalue weighted by Crippen LogP contribution is -2.34. The fraction of sp³-hybridized carbons (Fsp3) is 0.294. The van der Waals surface area contributed by atoms with E-state index in [0.717, 1.165) is 24.4 Å². The molecule has 1 aliphatic rings. The Kier molecular flexibility index (Phi) is 4.15. The van der Waals surface area contributed by atoms with Gasteiger partial charge in [0.2, 0.25) is 5.91 Å². The summed E-state index contributed by atoms with van der Waals surface area (Å²) in [7, 11) is 0. The summed E-state index contributed by atoms with van der Waals surface area (Å²) in [6.07, 6.45) is 4.20. The molecule has 108 valence electrons. The molecule has 2 aromatic rings. The van der Waals surface area contributed by atoms with E-state index in [1.165, 1.54) is 0 Å². The van der Waals surface area contributed by atoms with Crippen LogP contribution in [0.3, 0.4) is 0 Å². The topological polar surface area (TPSA) is 42.4 Å². The zero-order valence-electron chi connectivity index (χ0n) is 11.8. The second-order valence-electron chi connectivity index (χ2n) is 5.09. The summed E-state index contributed by atoms with van der Waals surface area (Å²) >= 11 is 0. The zero-order valence-corrected chi connectivity index (χ0v) is 11.8. The molecular formula is C17H18N2O2. The minimum Gasteiger partial charge on any atom is -0.493 e. The maximum absolute atomic E-state index is 12.4. The van der Waals surface area contributed by atoms with Crippen LogP contribution in [0.25, 0.3) is 0 Å². The van der Waals surface area contributed by atoms with Crippen molar-refractivity contribution in [2.45, 2.75) is 25.3 Å². The van der Waals surface area contributed by atoms with Gasteiger partial charge in [0, 0.05) is 12.2 Å². The van der Waals surface area contributed by atoms with E-state index in [1.807, 2.05) is 53.4 Å². The van der Waals surface area contributed by atoms with E-state index >= 15 is 0 Å². The predicted molar refractivity (Wildman–Crippen MR) is 81.3 cm³/mol. The van der Waals surface area contributed by atoms with Crippen LogP contribution in [0.1, 0.15) is 19.3 Å². The van der Waals surface area contributed by atoms with Gasteiger partial charge in [-0.3, -0.25) is 9.69 Å². The zero-order chi connectivity index (χ0) is 14.5. The maximum Gasteiger partial charge on any atom is 0.231 e. The monoisotopic (exact) mass is 282 g/mol. The number of hydrogen-bond acceptors (Lipinski definition) is 3. The van der Waals surface area contributed by atoms with E-state index < -0.39 is 0 Å². The molecule has 21 heavy (non-hydrogen) atoms. The van der Waals surface area contributed by atoms with Gasteiger partial charge in [-0.25, -0.2) is 4.98 Å². The number of rotatable bonds is 6. The summed E-state index contributed by atoms with van der Waals surface area (Å²) in [5.74, 6) is 1.61. The Morgan fingerprint density at radius 2 is 1.90 bits per heavy atom. The molecule has 1 aromatic heterocycles. The second-order valence-corrected chi connectivity index (χ2v) is 5.09. The summed E-state index contributed by atoms with van der Waals surface area (Å²) < 4.78 is 5.59. The number of amides is 1. The van der Waals surface area contributed by atoms with Gasteiger partial charge in [-0.2, -0.15) is 0 Å². The molecule has 0 bridgehead atoms. The molecule has 4 nitrogen and oxygen atoms in total. The van der Waals surface area contributed by atoms with E-state index in [2.05, 4.69) is 4.98 Å². The summed E-state index contributed by atoms with van der Waals surface area (Å²) in [5.41, 5.74) is 0. The van der Waals surface area contributed by atoms with Gasteiger partial charge in [0.15, 0.2) is 0 Å². The van der Waals surface area contributed by atoms with Crippen LogP contribution < -0.4 is 9.64 Å². The first-order chi connectivity index (χ1) is 10.3. The lowest BCUT2D eigenvalue weighted by Gasteiger charge is -2.21. The average molecular weight is 282 g/mol. The van der Waals surface area contributed by atoms with Crippen molar-refractivity contribution in [3.8, 4) is 5.75 Å². The molecule has 3 rings (SSSR count). The molecule has 0 saturated heterocycles. The number of ether oxygens (including phenoxy) is 1. The molecular weight excluding hydrogens is 264 g/mol. The summed E-state index contributed by atoms with van der Waals surface area (Å²) in [6, 6.07) is 15.5. The third-order valence-corrected chi connectivity index (χ3v) is 3.40. The quantitative estimate of drug-likeness (QED) is 0.818. The maximum atomic E-state index is 12.4. The van der Waals surface area contributed by atoms with Gasteiger partial charge in [-0.15, -0.1) is 0 Å². The number of carbonyl (C=O) groups is 1. The normalized spacial score (nSPS) is 13.7. The van der Waals surface area contributed by atoms with Crippen molar-refractivity contribution >= 4 is 11.7 Å². The van der Waals surface area contributed by atoms with E-state index in [4.69, 9.17) is 4.74 Å². The SMILES string of the molecule is O=C(CCOc1ccccc1)N(c1ccccn1)C1CC1. The molecule has 0 spiro atoms. The van der Waals surface area contributed by atoms with E-state index in [9.17, 15) is 4.79 Å². The second kappa shape index (κ2) is 6.39. The van der Waals surface area contributed by atoms with Gasteiger partial charge in [0.05, 0.1) is 13.0 Å². The predicted octanol–water partition coefficient (Wildman–Crippen LogP) is 3.05. The fourth-order valence-electron chi connectivity index (χ4n) is 2.24. The highest BCUT2D eigenvalue weighted by molar-refractivity contribution is 5.93. The number of benzene rings is 1. The van der Waals surface area contributed by atoms with Gasteiger partial charge in [-0.1, -0.05) is 24.3 Å². The summed E-state index contributed by atoms with van der Waals surface area (Å²) in [6.45, 7) is 0.388. The first kappa shape index (κ1) is 13.6. The van der Waals surface area contributed by atoms with Gasteiger partial charge >= 0.3 is 0 Å². The summed E-state index contributed by atoms with van der Waals surface area (Å²) in [4.78, 5) is 18.5. The molecule has 0 atom stereocenters. The fourth-order valence-corrected chi connectivity index (χ4v) is 2.24. The number of para-hydroxylation sites is 1. The number of anilines is 1. The first-order valence-electron chi connectivity index (χ1n) is 7.25. The molecule has 1 amide bonds. The number of hydrogen-bond donors (Lipinski definition) is 0. The van der Waals surface area contributed by atoms with E-state index in [-0.39, 0.29) is 5.91 Å². The minimum absolute atomic E-state index is 0.0760. The average Bonchev–Trinajstić information content (AvgIpc) is 3.34. The Morgan fingerprint density at radius 3 is 2.57 bits per heavy atom. The van der Waals surface area contributed by atoms with Crippen molar-refractivity contribution in [1.29, 1.82) is 0 Å². The highest BCUT2D eigenvalue weighted by atomic mass is 16.5. The number of carbonyl (C=O) groups excluding carboxylic acids is 1. The van der Waals surface area contributed by atoms with Crippen LogP contribution in [0.4, 0.5) is 5.82 Å². The van der Waals surface area contributed by atoms with Crippen LogP contribution in [-0.4, -0.2) is 23.5 Å². The Hall–Kier alpha value is -2.36. The Morgan fingerprint density at radius 1 is 1.14 bits per heavy atom. The molecule has 0 unspecified atom stereocenters. The number of aromatic nitrogens is 1. The van der Waals surface area contributed by atoms with E-state index in [0.29, 0.717) is 19.1 Å². The third kappa shape index (κ3) is 3.60. The molecule has 1 fully saturated rings. The minimum atomic E-state index is 0.0760. The van der Waals surface area contributed by atoms with Crippen LogP contribution in [0.2, 0.25) is 0 Å². The van der Waals surface area contributed by atoms with Gasteiger partial charge in [0.25, 0.3) is 0 Å². The lowest BCUT2D eigenvalue weighted by molar-refractivity contribution is -0.119. The van der Waals surface area contributed by atoms with Gasteiger partial charge < -0.3 is 4.74 Å². The van der Waals surface area contributed by atoms with E-state index in [1.54, 1.807) is 6.20 Å². The molecule has 1 aromatic carbocycles. The third-order valence-electron chi connectivity index (χ3n) is 3.40. The summed E-state index contributed by atoms with van der Waals surface area (Å²) in [5, 5.41) is 0.